The van der Waals surface area contributed by atoms with E-state index >= 15 is 0 Å². The molecule has 108 valence electrons. The first-order valence-corrected chi connectivity index (χ1v) is 7.27. The van der Waals surface area contributed by atoms with Crippen LogP contribution < -0.4 is 5.32 Å². The van der Waals surface area contributed by atoms with Crippen LogP contribution in [0.3, 0.4) is 0 Å². The molecule has 0 spiro atoms. The third-order valence-corrected chi connectivity index (χ3v) is 3.91. The van der Waals surface area contributed by atoms with E-state index < -0.39 is 6.04 Å². The van der Waals surface area contributed by atoms with Crippen LogP contribution in [0.2, 0.25) is 0 Å². The molecule has 0 saturated carbocycles. The number of halogens is 2. The van der Waals surface area contributed by atoms with Gasteiger partial charge < -0.3 is 10.2 Å². The molecule has 1 unspecified atom stereocenters. The van der Waals surface area contributed by atoms with Gasteiger partial charge in [-0.05, 0) is 31.0 Å². The molecule has 1 N–H and O–H groups in total. The fourth-order valence-electron chi connectivity index (χ4n) is 2.40. The molecule has 0 radical (unpaired) electrons. The lowest BCUT2D eigenvalue weighted by Crippen LogP contribution is -2.44. The number of likely N-dealkylation sites (tertiary alicyclic amines) is 1. The quantitative estimate of drug-likeness (QED) is 0.915. The fourth-order valence-corrected chi connectivity index (χ4v) is 2.80. The van der Waals surface area contributed by atoms with E-state index in [9.17, 15) is 14.0 Å². The van der Waals surface area contributed by atoms with Crippen LogP contribution in [-0.2, 0) is 16.1 Å². The molecule has 20 heavy (non-hydrogen) atoms. The summed E-state index contributed by atoms with van der Waals surface area (Å²) in [6, 6.07) is 4.16. The van der Waals surface area contributed by atoms with Crippen molar-refractivity contribution in [3.63, 3.8) is 0 Å². The summed E-state index contributed by atoms with van der Waals surface area (Å²) in [5.74, 6) is -0.684. The number of carbonyl (C=O) groups excluding carboxylic acids is 2. The SMILES string of the molecule is CC(=O)N1CCCC1C(=O)NCc1cc(Br)ccc1F. The van der Waals surface area contributed by atoms with Gasteiger partial charge in [0.25, 0.3) is 0 Å². The normalized spacial score (nSPS) is 18.1. The molecule has 6 heteroatoms. The first kappa shape index (κ1) is 15.0. The largest absolute Gasteiger partial charge is 0.350 e. The van der Waals surface area contributed by atoms with Crippen LogP contribution in [0.5, 0.6) is 0 Å². The van der Waals surface area contributed by atoms with Gasteiger partial charge in [-0.2, -0.15) is 0 Å². The van der Waals surface area contributed by atoms with Gasteiger partial charge >= 0.3 is 0 Å². The second-order valence-corrected chi connectivity index (χ2v) is 5.74. The van der Waals surface area contributed by atoms with E-state index in [-0.39, 0.29) is 24.2 Å². The van der Waals surface area contributed by atoms with Crippen molar-refractivity contribution in [3.05, 3.63) is 34.1 Å². The maximum atomic E-state index is 13.6. The highest BCUT2D eigenvalue weighted by Crippen LogP contribution is 2.18. The van der Waals surface area contributed by atoms with Crippen molar-refractivity contribution in [1.29, 1.82) is 0 Å². The van der Waals surface area contributed by atoms with Gasteiger partial charge in [0.15, 0.2) is 0 Å². The molecular formula is C14H16BrFN2O2. The molecule has 1 atom stereocenters. The number of hydrogen-bond acceptors (Lipinski definition) is 2. The minimum atomic E-state index is -0.428. The number of nitrogens with zero attached hydrogens (tertiary/aromatic N) is 1. The first-order valence-electron chi connectivity index (χ1n) is 6.48. The minimum absolute atomic E-state index is 0.101. The molecule has 1 aromatic rings. The average Bonchev–Trinajstić information content (AvgIpc) is 2.89. The summed E-state index contributed by atoms with van der Waals surface area (Å²) in [6.45, 7) is 2.19. The van der Waals surface area contributed by atoms with Crippen LogP contribution in [0.15, 0.2) is 22.7 Å². The van der Waals surface area contributed by atoms with Gasteiger partial charge in [0, 0.05) is 30.0 Å². The summed E-state index contributed by atoms with van der Waals surface area (Å²) in [6.07, 6.45) is 1.48. The first-order chi connectivity index (χ1) is 9.49. The summed E-state index contributed by atoms with van der Waals surface area (Å²) in [7, 11) is 0. The highest BCUT2D eigenvalue weighted by Gasteiger charge is 2.32. The molecule has 0 aromatic heterocycles. The highest BCUT2D eigenvalue weighted by molar-refractivity contribution is 9.10. The third-order valence-electron chi connectivity index (χ3n) is 3.42. The topological polar surface area (TPSA) is 49.4 Å². The third kappa shape index (κ3) is 3.36. The Balaban J connectivity index is 1.98. The number of carbonyl (C=O) groups is 2. The summed E-state index contributed by atoms with van der Waals surface area (Å²) >= 11 is 3.27. The number of nitrogens with one attached hydrogen (secondary N) is 1. The molecular weight excluding hydrogens is 327 g/mol. The molecule has 1 aliphatic heterocycles. The van der Waals surface area contributed by atoms with E-state index in [1.54, 1.807) is 17.0 Å². The van der Waals surface area contributed by atoms with E-state index in [4.69, 9.17) is 0 Å². The summed E-state index contributed by atoms with van der Waals surface area (Å²) in [5, 5.41) is 2.70. The van der Waals surface area contributed by atoms with Crippen LogP contribution in [0, 0.1) is 5.82 Å². The van der Waals surface area contributed by atoms with E-state index in [0.29, 0.717) is 18.5 Å². The smallest absolute Gasteiger partial charge is 0.243 e. The van der Waals surface area contributed by atoms with Gasteiger partial charge in [-0.3, -0.25) is 9.59 Å². The Labute approximate surface area is 125 Å². The van der Waals surface area contributed by atoms with Crippen molar-refractivity contribution in [2.45, 2.75) is 32.4 Å². The predicted octanol–water partition coefficient (Wildman–Crippen LogP) is 2.22. The summed E-state index contributed by atoms with van der Waals surface area (Å²) in [4.78, 5) is 25.1. The van der Waals surface area contributed by atoms with Crippen molar-refractivity contribution in [2.75, 3.05) is 6.54 Å². The second-order valence-electron chi connectivity index (χ2n) is 4.82. The van der Waals surface area contributed by atoms with Gasteiger partial charge in [-0.15, -0.1) is 0 Å². The maximum absolute atomic E-state index is 13.6. The van der Waals surface area contributed by atoms with E-state index in [2.05, 4.69) is 21.2 Å². The highest BCUT2D eigenvalue weighted by atomic mass is 79.9. The van der Waals surface area contributed by atoms with Crippen molar-refractivity contribution < 1.29 is 14.0 Å². The van der Waals surface area contributed by atoms with Crippen molar-refractivity contribution in [1.82, 2.24) is 10.2 Å². The van der Waals surface area contributed by atoms with Crippen LogP contribution in [0.25, 0.3) is 0 Å². The number of amides is 2. The molecule has 1 fully saturated rings. The molecule has 1 heterocycles. The Bertz CT molecular complexity index is 536. The molecule has 4 nitrogen and oxygen atoms in total. The van der Waals surface area contributed by atoms with Gasteiger partial charge in [0.1, 0.15) is 11.9 Å². The standard InChI is InChI=1S/C14H16BrFN2O2/c1-9(19)18-6-2-3-13(18)14(20)17-8-10-7-11(15)4-5-12(10)16/h4-5,7,13H,2-3,6,8H2,1H3,(H,17,20). The summed E-state index contributed by atoms with van der Waals surface area (Å²) in [5.41, 5.74) is 0.417. The zero-order chi connectivity index (χ0) is 14.7. The van der Waals surface area contributed by atoms with E-state index in [1.807, 2.05) is 0 Å². The molecule has 1 aliphatic rings. The lowest BCUT2D eigenvalue weighted by Gasteiger charge is -2.22. The zero-order valence-corrected chi connectivity index (χ0v) is 12.7. The Hall–Kier alpha value is -1.43. The molecule has 0 aliphatic carbocycles. The lowest BCUT2D eigenvalue weighted by atomic mass is 10.1. The second kappa shape index (κ2) is 6.35. The monoisotopic (exact) mass is 342 g/mol. The Morgan fingerprint density at radius 2 is 2.25 bits per heavy atom. The average molecular weight is 343 g/mol. The van der Waals surface area contributed by atoms with Gasteiger partial charge in [0.2, 0.25) is 11.8 Å². The summed E-state index contributed by atoms with van der Waals surface area (Å²) < 4.78 is 14.3. The lowest BCUT2D eigenvalue weighted by molar-refractivity contribution is -0.136. The van der Waals surface area contributed by atoms with Crippen molar-refractivity contribution in [3.8, 4) is 0 Å². The number of rotatable bonds is 3. The van der Waals surface area contributed by atoms with Crippen LogP contribution in [0.1, 0.15) is 25.3 Å². The van der Waals surface area contributed by atoms with E-state index in [0.717, 1.165) is 10.9 Å². The molecule has 1 saturated heterocycles. The number of benzene rings is 1. The fraction of sp³-hybridized carbons (Fsp3) is 0.429. The number of hydrogen-bond donors (Lipinski definition) is 1. The van der Waals surface area contributed by atoms with Gasteiger partial charge in [0.05, 0.1) is 0 Å². The molecule has 2 rings (SSSR count). The zero-order valence-electron chi connectivity index (χ0n) is 11.2. The van der Waals surface area contributed by atoms with Gasteiger partial charge in [-0.1, -0.05) is 15.9 Å². The Morgan fingerprint density at radius 1 is 1.50 bits per heavy atom. The Kier molecular flexibility index (Phi) is 4.75. The van der Waals surface area contributed by atoms with Gasteiger partial charge in [-0.25, -0.2) is 4.39 Å². The molecule has 2 amide bonds. The van der Waals surface area contributed by atoms with Crippen LogP contribution in [0.4, 0.5) is 4.39 Å². The molecule has 0 bridgehead atoms. The van der Waals surface area contributed by atoms with E-state index in [1.165, 1.54) is 13.0 Å². The molecule has 1 aromatic carbocycles. The van der Waals surface area contributed by atoms with Crippen molar-refractivity contribution >= 4 is 27.7 Å². The Morgan fingerprint density at radius 3 is 2.95 bits per heavy atom. The minimum Gasteiger partial charge on any atom is -0.350 e. The van der Waals surface area contributed by atoms with Crippen LogP contribution >= 0.6 is 15.9 Å². The maximum Gasteiger partial charge on any atom is 0.243 e. The predicted molar refractivity (Wildman–Crippen MR) is 76.4 cm³/mol. The van der Waals surface area contributed by atoms with Crippen LogP contribution in [-0.4, -0.2) is 29.3 Å². The van der Waals surface area contributed by atoms with Crippen molar-refractivity contribution in [2.24, 2.45) is 0 Å².